The lowest BCUT2D eigenvalue weighted by atomic mass is 10.5. The number of hydrogen-bond acceptors (Lipinski definition) is 2. The van der Waals surface area contributed by atoms with Crippen LogP contribution in [-0.4, -0.2) is 35.0 Å². The first-order chi connectivity index (χ1) is 4.27. The molecule has 0 aromatic heterocycles. The minimum absolute atomic E-state index is 0.0903. The highest BCUT2D eigenvalue weighted by atomic mass is 35.5. The Morgan fingerprint density at radius 3 is 2.33 bits per heavy atom. The van der Waals surface area contributed by atoms with Crippen LogP contribution in [0.5, 0.6) is 0 Å². The SMILES string of the molecule is O=C[N+]1(Cl)CCSCC1. The van der Waals surface area contributed by atoms with Gasteiger partial charge in [-0.05, 0) is 0 Å². The number of carbonyl (C=O) groups excluding carboxylic acids is 1. The van der Waals surface area contributed by atoms with E-state index in [0.717, 1.165) is 31.0 Å². The van der Waals surface area contributed by atoms with Crippen LogP contribution in [0.1, 0.15) is 0 Å². The lowest BCUT2D eigenvalue weighted by molar-refractivity contribution is -0.721. The minimum Gasteiger partial charge on any atom is -0.232 e. The Hall–Kier alpha value is 0.270. The standard InChI is InChI=1S/C5H9ClNOS/c6-7(5-8)1-3-9-4-2-7/h5H,1-4H2/q+1. The molecule has 1 aliphatic rings. The Labute approximate surface area is 63.9 Å². The number of amides is 1. The molecule has 1 fully saturated rings. The second-order valence-electron chi connectivity index (χ2n) is 2.09. The Bertz CT molecular complexity index is 114. The van der Waals surface area contributed by atoms with Gasteiger partial charge in [-0.3, -0.25) is 0 Å². The van der Waals surface area contributed by atoms with E-state index in [2.05, 4.69) is 0 Å². The van der Waals surface area contributed by atoms with Crippen LogP contribution in [-0.2, 0) is 4.79 Å². The predicted octanol–water partition coefficient (Wildman–Crippen LogP) is 0.860. The van der Waals surface area contributed by atoms with Crippen LogP contribution in [0.4, 0.5) is 0 Å². The molecule has 1 saturated heterocycles. The van der Waals surface area contributed by atoms with Crippen LogP contribution in [0.15, 0.2) is 0 Å². The van der Waals surface area contributed by atoms with Crippen LogP contribution >= 0.6 is 23.5 Å². The maximum Gasteiger partial charge on any atom is 0.319 e. The molecule has 1 aliphatic heterocycles. The van der Waals surface area contributed by atoms with E-state index in [1.165, 1.54) is 0 Å². The van der Waals surface area contributed by atoms with Gasteiger partial charge < -0.3 is 0 Å². The van der Waals surface area contributed by atoms with Crippen molar-refractivity contribution in [3.8, 4) is 0 Å². The molecule has 0 saturated carbocycles. The zero-order chi connectivity index (χ0) is 6.74. The van der Waals surface area contributed by atoms with Crippen LogP contribution in [0.25, 0.3) is 0 Å². The lowest BCUT2D eigenvalue weighted by Crippen LogP contribution is -2.43. The normalized spacial score (nSPS) is 25.4. The highest BCUT2D eigenvalue weighted by Crippen LogP contribution is 2.18. The van der Waals surface area contributed by atoms with Crippen LogP contribution in [0.2, 0.25) is 0 Å². The third-order valence-electron chi connectivity index (χ3n) is 1.40. The number of quaternary nitrogens is 1. The molecule has 52 valence electrons. The average molecular weight is 167 g/mol. The fourth-order valence-electron chi connectivity index (χ4n) is 0.752. The number of thioether (sulfide) groups is 1. The van der Waals surface area contributed by atoms with Gasteiger partial charge in [0.1, 0.15) is 13.1 Å². The first-order valence-corrected chi connectivity index (χ1v) is 4.37. The number of halogens is 1. The van der Waals surface area contributed by atoms with Crippen molar-refractivity contribution < 1.29 is 8.80 Å². The fraction of sp³-hybridized carbons (Fsp3) is 0.800. The molecule has 0 atom stereocenters. The zero-order valence-electron chi connectivity index (χ0n) is 5.05. The summed E-state index contributed by atoms with van der Waals surface area (Å²) in [6, 6.07) is 0. The summed E-state index contributed by atoms with van der Waals surface area (Å²) < 4.78 is 0.0903. The van der Waals surface area contributed by atoms with Gasteiger partial charge in [-0.15, -0.1) is 0 Å². The largest absolute Gasteiger partial charge is 0.319 e. The van der Waals surface area contributed by atoms with Crippen LogP contribution in [0, 0.1) is 0 Å². The van der Waals surface area contributed by atoms with Gasteiger partial charge in [-0.1, -0.05) is 0 Å². The molecule has 9 heavy (non-hydrogen) atoms. The molecule has 1 rings (SSSR count). The molecule has 1 amide bonds. The van der Waals surface area contributed by atoms with Gasteiger partial charge in [0.2, 0.25) is 0 Å². The topological polar surface area (TPSA) is 17.1 Å². The van der Waals surface area contributed by atoms with E-state index in [1.807, 2.05) is 11.8 Å². The summed E-state index contributed by atoms with van der Waals surface area (Å²) in [5.74, 6) is 2.00. The molecule has 0 aromatic rings. The quantitative estimate of drug-likeness (QED) is 0.425. The molecule has 0 unspecified atom stereocenters. The lowest BCUT2D eigenvalue weighted by Gasteiger charge is -2.25. The molecule has 0 aliphatic carbocycles. The first-order valence-electron chi connectivity index (χ1n) is 2.87. The first kappa shape index (κ1) is 7.38. The second-order valence-corrected chi connectivity index (χ2v) is 3.99. The predicted molar refractivity (Wildman–Crippen MR) is 39.2 cm³/mol. The Morgan fingerprint density at radius 1 is 1.44 bits per heavy atom. The van der Waals surface area contributed by atoms with Gasteiger partial charge in [0.15, 0.2) is 11.8 Å². The van der Waals surface area contributed by atoms with Crippen molar-refractivity contribution >= 4 is 29.9 Å². The van der Waals surface area contributed by atoms with Gasteiger partial charge in [0, 0.05) is 11.5 Å². The summed E-state index contributed by atoms with van der Waals surface area (Å²) in [6.07, 6.45) is 0.821. The van der Waals surface area contributed by atoms with Crippen molar-refractivity contribution in [2.45, 2.75) is 0 Å². The number of nitrogens with zero attached hydrogens (tertiary/aromatic N) is 1. The van der Waals surface area contributed by atoms with E-state index in [9.17, 15) is 4.79 Å². The van der Waals surface area contributed by atoms with Crippen LogP contribution < -0.4 is 0 Å². The van der Waals surface area contributed by atoms with Gasteiger partial charge in [-0.2, -0.15) is 15.8 Å². The van der Waals surface area contributed by atoms with Crippen molar-refractivity contribution in [2.75, 3.05) is 24.6 Å². The third kappa shape index (κ3) is 1.85. The summed E-state index contributed by atoms with van der Waals surface area (Å²) in [5, 5.41) is 0. The summed E-state index contributed by atoms with van der Waals surface area (Å²) >= 11 is 7.67. The van der Waals surface area contributed by atoms with Crippen molar-refractivity contribution in [1.82, 2.24) is 0 Å². The van der Waals surface area contributed by atoms with Crippen molar-refractivity contribution in [1.29, 1.82) is 0 Å². The third-order valence-corrected chi connectivity index (χ3v) is 2.76. The molecule has 1 heterocycles. The number of hydrogen-bond donors (Lipinski definition) is 0. The molecular weight excluding hydrogens is 158 g/mol. The van der Waals surface area contributed by atoms with E-state index in [4.69, 9.17) is 11.8 Å². The maximum atomic E-state index is 10.3. The Morgan fingerprint density at radius 2 is 2.00 bits per heavy atom. The van der Waals surface area contributed by atoms with Gasteiger partial charge >= 0.3 is 6.41 Å². The van der Waals surface area contributed by atoms with Crippen molar-refractivity contribution in [3.05, 3.63) is 0 Å². The van der Waals surface area contributed by atoms with Gasteiger partial charge in [0.05, 0.1) is 0 Å². The molecule has 0 spiro atoms. The summed E-state index contributed by atoms with van der Waals surface area (Å²) in [4.78, 5) is 10.3. The zero-order valence-corrected chi connectivity index (χ0v) is 6.62. The molecule has 0 bridgehead atoms. The molecule has 0 aromatic carbocycles. The van der Waals surface area contributed by atoms with E-state index in [-0.39, 0.29) is 4.00 Å². The van der Waals surface area contributed by atoms with E-state index < -0.39 is 0 Å². The molecular formula is C5H9ClNOS+. The van der Waals surface area contributed by atoms with E-state index in [0.29, 0.717) is 0 Å². The van der Waals surface area contributed by atoms with Crippen molar-refractivity contribution in [3.63, 3.8) is 0 Å². The summed E-state index contributed by atoms with van der Waals surface area (Å²) in [7, 11) is 0. The van der Waals surface area contributed by atoms with E-state index in [1.54, 1.807) is 0 Å². The van der Waals surface area contributed by atoms with Gasteiger partial charge in [0.25, 0.3) is 0 Å². The van der Waals surface area contributed by atoms with E-state index >= 15 is 0 Å². The second kappa shape index (κ2) is 2.90. The summed E-state index contributed by atoms with van der Waals surface area (Å²) in [6.45, 7) is 1.55. The number of carbonyl (C=O) groups is 1. The fourth-order valence-corrected chi connectivity index (χ4v) is 2.24. The van der Waals surface area contributed by atoms with Gasteiger partial charge in [-0.25, -0.2) is 4.79 Å². The monoisotopic (exact) mass is 166 g/mol. The summed E-state index contributed by atoms with van der Waals surface area (Å²) in [5.41, 5.74) is 0. The maximum absolute atomic E-state index is 10.3. The molecule has 2 nitrogen and oxygen atoms in total. The average Bonchev–Trinajstić information content (AvgIpc) is 1.90. The smallest absolute Gasteiger partial charge is 0.232 e. The minimum atomic E-state index is 0.0903. The highest BCUT2D eigenvalue weighted by molar-refractivity contribution is 7.99. The molecule has 0 N–H and O–H groups in total. The molecule has 4 heteroatoms. The Balaban J connectivity index is 2.46. The van der Waals surface area contributed by atoms with Crippen molar-refractivity contribution in [2.24, 2.45) is 0 Å². The number of rotatable bonds is 1. The van der Waals surface area contributed by atoms with Crippen LogP contribution in [0.3, 0.4) is 0 Å². The highest BCUT2D eigenvalue weighted by Gasteiger charge is 2.28. The molecule has 0 radical (unpaired) electrons. The Kier molecular flexibility index (Phi) is 2.38.